The van der Waals surface area contributed by atoms with Gasteiger partial charge in [0.05, 0.1) is 12.0 Å². The van der Waals surface area contributed by atoms with E-state index in [-0.39, 0.29) is 5.41 Å². The van der Waals surface area contributed by atoms with Crippen molar-refractivity contribution in [2.75, 3.05) is 13.1 Å². The van der Waals surface area contributed by atoms with Gasteiger partial charge in [0.25, 0.3) is 0 Å². The van der Waals surface area contributed by atoms with Crippen LogP contribution in [0.4, 0.5) is 0 Å². The average Bonchev–Trinajstić information content (AvgIpc) is 3.50. The Labute approximate surface area is 140 Å². The minimum absolute atomic E-state index is 0.0819. The Balaban J connectivity index is 1.28. The van der Waals surface area contributed by atoms with E-state index in [1.54, 1.807) is 0 Å². The Bertz CT molecular complexity index is 733. The van der Waals surface area contributed by atoms with Crippen molar-refractivity contribution in [1.82, 2.24) is 25.2 Å². The second-order valence-corrected chi connectivity index (χ2v) is 7.93. The van der Waals surface area contributed by atoms with E-state index < -0.39 is 0 Å². The Morgan fingerprint density at radius 1 is 1.08 bits per heavy atom. The maximum absolute atomic E-state index is 5.61. The van der Waals surface area contributed by atoms with Gasteiger partial charge in [0.1, 0.15) is 0 Å². The van der Waals surface area contributed by atoms with Crippen LogP contribution < -0.4 is 0 Å². The largest absolute Gasteiger partial charge is 0.339 e. The summed E-state index contributed by atoms with van der Waals surface area (Å²) in [7, 11) is 0. The highest BCUT2D eigenvalue weighted by Gasteiger charge is 2.39. The summed E-state index contributed by atoms with van der Waals surface area (Å²) in [6, 6.07) is 0. The first-order valence-corrected chi connectivity index (χ1v) is 9.08. The maximum atomic E-state index is 5.61. The molecule has 1 saturated heterocycles. The van der Waals surface area contributed by atoms with Crippen LogP contribution in [0.1, 0.15) is 80.7 Å². The first kappa shape index (κ1) is 14.6. The normalized spacial score (nSPS) is 28.4. The molecule has 3 heterocycles. The lowest BCUT2D eigenvalue weighted by Gasteiger charge is -2.37. The first-order chi connectivity index (χ1) is 11.7. The van der Waals surface area contributed by atoms with Crippen LogP contribution >= 0.6 is 0 Å². The van der Waals surface area contributed by atoms with Crippen LogP contribution in [0, 0.1) is 0 Å². The molecule has 3 aliphatic rings. The zero-order valence-electron chi connectivity index (χ0n) is 14.1. The van der Waals surface area contributed by atoms with Crippen LogP contribution in [-0.4, -0.2) is 38.3 Å². The van der Waals surface area contributed by atoms with Crippen molar-refractivity contribution in [2.24, 2.45) is 0 Å². The predicted octanol–water partition coefficient (Wildman–Crippen LogP) is 2.76. The van der Waals surface area contributed by atoms with Crippen molar-refractivity contribution >= 4 is 0 Å². The van der Waals surface area contributed by atoms with Gasteiger partial charge in [-0.25, -0.2) is 0 Å². The molecule has 128 valence electrons. The lowest BCUT2D eigenvalue weighted by molar-refractivity contribution is 0.121. The molecule has 5 rings (SSSR count). The summed E-state index contributed by atoms with van der Waals surface area (Å²) in [4.78, 5) is 11.6. The van der Waals surface area contributed by atoms with E-state index in [1.165, 1.54) is 25.7 Å². The molecule has 0 spiro atoms. The van der Waals surface area contributed by atoms with Crippen LogP contribution in [0.25, 0.3) is 0 Å². The van der Waals surface area contributed by atoms with Crippen LogP contribution in [0.15, 0.2) is 9.05 Å². The van der Waals surface area contributed by atoms with E-state index in [1.807, 2.05) is 0 Å². The minimum atomic E-state index is -0.0819. The zero-order valence-corrected chi connectivity index (χ0v) is 14.1. The molecule has 0 bridgehead atoms. The molecule has 0 aromatic carbocycles. The molecule has 2 aliphatic carbocycles. The summed E-state index contributed by atoms with van der Waals surface area (Å²) in [5.41, 5.74) is -0.0819. The lowest BCUT2D eigenvalue weighted by Crippen LogP contribution is -2.44. The summed E-state index contributed by atoms with van der Waals surface area (Å²) in [6.45, 7) is 4.91. The third kappa shape index (κ3) is 2.75. The smallest absolute Gasteiger partial charge is 0.233 e. The van der Waals surface area contributed by atoms with Gasteiger partial charge in [0, 0.05) is 18.4 Å². The van der Waals surface area contributed by atoms with Crippen LogP contribution in [0.2, 0.25) is 0 Å². The van der Waals surface area contributed by atoms with Gasteiger partial charge >= 0.3 is 0 Å². The molecule has 7 heteroatoms. The molecule has 1 atom stereocenters. The predicted molar refractivity (Wildman–Crippen MR) is 84.4 cm³/mol. The Hall–Kier alpha value is -1.76. The van der Waals surface area contributed by atoms with Gasteiger partial charge in [0.15, 0.2) is 11.6 Å². The molecule has 2 aromatic rings. The van der Waals surface area contributed by atoms with E-state index in [0.29, 0.717) is 11.8 Å². The summed E-state index contributed by atoms with van der Waals surface area (Å²) in [6.07, 6.45) is 6.96. The number of likely N-dealkylation sites (tertiary alicyclic amines) is 1. The van der Waals surface area contributed by atoms with Gasteiger partial charge in [-0.1, -0.05) is 10.3 Å². The maximum Gasteiger partial charge on any atom is 0.233 e. The standard InChI is InChI=1S/C17H23N5O2/c1-17(16-19-14(21-24-16)11-3-4-11)7-2-8-22(10-17)9-13-18-15(23-20-13)12-5-6-12/h11-12H,2-10H2,1H3. The fraction of sp³-hybridized carbons (Fsp3) is 0.765. The number of rotatable bonds is 5. The number of hydrogen-bond donors (Lipinski definition) is 0. The van der Waals surface area contributed by atoms with Gasteiger partial charge in [0.2, 0.25) is 11.8 Å². The number of hydrogen-bond acceptors (Lipinski definition) is 7. The van der Waals surface area contributed by atoms with Crippen molar-refractivity contribution < 1.29 is 9.05 Å². The Kier molecular flexibility index (Phi) is 3.26. The van der Waals surface area contributed by atoms with Crippen LogP contribution in [-0.2, 0) is 12.0 Å². The topological polar surface area (TPSA) is 81.1 Å². The van der Waals surface area contributed by atoms with E-state index in [0.717, 1.165) is 55.9 Å². The molecule has 3 fully saturated rings. The molecule has 0 radical (unpaired) electrons. The second-order valence-electron chi connectivity index (χ2n) is 7.93. The molecule has 7 nitrogen and oxygen atoms in total. The summed E-state index contributed by atoms with van der Waals surface area (Å²) in [5.74, 6) is 4.35. The first-order valence-electron chi connectivity index (χ1n) is 9.08. The third-order valence-electron chi connectivity index (χ3n) is 5.45. The van der Waals surface area contributed by atoms with Gasteiger partial charge < -0.3 is 9.05 Å². The van der Waals surface area contributed by atoms with Crippen LogP contribution in [0.5, 0.6) is 0 Å². The fourth-order valence-corrected chi connectivity index (χ4v) is 3.67. The van der Waals surface area contributed by atoms with E-state index in [2.05, 4.69) is 27.1 Å². The Morgan fingerprint density at radius 3 is 2.71 bits per heavy atom. The molecule has 1 unspecified atom stereocenters. The summed E-state index contributed by atoms with van der Waals surface area (Å²) < 4.78 is 11.0. The van der Waals surface area contributed by atoms with Crippen molar-refractivity contribution in [2.45, 2.75) is 69.2 Å². The molecular weight excluding hydrogens is 306 g/mol. The zero-order chi connectivity index (χ0) is 16.1. The monoisotopic (exact) mass is 329 g/mol. The van der Waals surface area contributed by atoms with Gasteiger partial charge in [-0.2, -0.15) is 9.97 Å². The van der Waals surface area contributed by atoms with E-state index in [4.69, 9.17) is 14.0 Å². The van der Waals surface area contributed by atoms with Crippen LogP contribution in [0.3, 0.4) is 0 Å². The minimum Gasteiger partial charge on any atom is -0.339 e. The van der Waals surface area contributed by atoms with Crippen molar-refractivity contribution in [3.8, 4) is 0 Å². The van der Waals surface area contributed by atoms with Crippen molar-refractivity contribution in [1.29, 1.82) is 0 Å². The highest BCUT2D eigenvalue weighted by atomic mass is 16.5. The molecule has 0 N–H and O–H groups in total. The number of nitrogens with zero attached hydrogens (tertiary/aromatic N) is 5. The SMILES string of the molecule is CC1(c2nc(C3CC3)no2)CCCN(Cc2noc(C3CC3)n2)C1. The fourth-order valence-electron chi connectivity index (χ4n) is 3.67. The van der Waals surface area contributed by atoms with Gasteiger partial charge in [-0.05, 0) is 52.0 Å². The number of piperidine rings is 1. The molecular formula is C17H23N5O2. The third-order valence-corrected chi connectivity index (χ3v) is 5.45. The summed E-state index contributed by atoms with van der Waals surface area (Å²) >= 11 is 0. The summed E-state index contributed by atoms with van der Waals surface area (Å²) in [5, 5.41) is 8.34. The second kappa shape index (κ2) is 5.37. The quantitative estimate of drug-likeness (QED) is 0.834. The molecule has 1 aliphatic heterocycles. The Morgan fingerprint density at radius 2 is 1.92 bits per heavy atom. The van der Waals surface area contributed by atoms with E-state index in [9.17, 15) is 0 Å². The molecule has 2 aromatic heterocycles. The molecule has 24 heavy (non-hydrogen) atoms. The lowest BCUT2D eigenvalue weighted by atomic mass is 9.81. The number of aromatic nitrogens is 4. The highest BCUT2D eigenvalue weighted by Crippen LogP contribution is 2.41. The highest BCUT2D eigenvalue weighted by molar-refractivity contribution is 5.11. The van der Waals surface area contributed by atoms with Crippen molar-refractivity contribution in [3.05, 3.63) is 23.4 Å². The van der Waals surface area contributed by atoms with Gasteiger partial charge in [-0.15, -0.1) is 0 Å². The molecule has 0 amide bonds. The van der Waals surface area contributed by atoms with Gasteiger partial charge in [-0.3, -0.25) is 4.90 Å². The molecule has 2 saturated carbocycles. The van der Waals surface area contributed by atoms with Crippen molar-refractivity contribution in [3.63, 3.8) is 0 Å². The average molecular weight is 329 g/mol. The van der Waals surface area contributed by atoms with E-state index >= 15 is 0 Å².